The van der Waals surface area contributed by atoms with Crippen molar-refractivity contribution in [2.24, 2.45) is 11.8 Å². The van der Waals surface area contributed by atoms with Gasteiger partial charge in [0.1, 0.15) is 0 Å². The molecular formula is C20H35N. The first-order valence-corrected chi connectivity index (χ1v) is 8.90. The summed E-state index contributed by atoms with van der Waals surface area (Å²) in [7, 11) is 0. The molecule has 1 aromatic carbocycles. The van der Waals surface area contributed by atoms with Crippen LogP contribution in [-0.4, -0.2) is 13.1 Å². The summed E-state index contributed by atoms with van der Waals surface area (Å²) in [6.07, 6.45) is 7.64. The highest BCUT2D eigenvalue weighted by Crippen LogP contribution is 2.14. The van der Waals surface area contributed by atoms with Gasteiger partial charge in [0, 0.05) is 0 Å². The Hall–Kier alpha value is -0.820. The molecule has 1 unspecified atom stereocenters. The Labute approximate surface area is 132 Å². The average molecular weight is 290 g/mol. The Morgan fingerprint density at radius 1 is 0.905 bits per heavy atom. The van der Waals surface area contributed by atoms with E-state index in [9.17, 15) is 0 Å². The largest absolute Gasteiger partial charge is 0.316 e. The van der Waals surface area contributed by atoms with Crippen molar-refractivity contribution in [1.82, 2.24) is 5.32 Å². The summed E-state index contributed by atoms with van der Waals surface area (Å²) in [5, 5.41) is 3.54. The second-order valence-electron chi connectivity index (χ2n) is 6.95. The number of unbranched alkanes of at least 4 members (excludes halogenated alkanes) is 1. The van der Waals surface area contributed by atoms with Gasteiger partial charge in [-0.1, -0.05) is 58.4 Å². The third kappa shape index (κ3) is 8.93. The molecule has 0 spiro atoms. The predicted molar refractivity (Wildman–Crippen MR) is 94.9 cm³/mol. The van der Waals surface area contributed by atoms with Gasteiger partial charge < -0.3 is 5.32 Å². The van der Waals surface area contributed by atoms with E-state index in [1.165, 1.54) is 49.7 Å². The van der Waals surface area contributed by atoms with Crippen LogP contribution in [0.1, 0.15) is 64.5 Å². The van der Waals surface area contributed by atoms with Crippen LogP contribution >= 0.6 is 0 Å². The third-order valence-electron chi connectivity index (χ3n) is 4.13. The number of benzene rings is 1. The molecule has 0 bridgehead atoms. The van der Waals surface area contributed by atoms with Crippen LogP contribution in [0, 0.1) is 11.8 Å². The quantitative estimate of drug-likeness (QED) is 0.550. The van der Waals surface area contributed by atoms with Crippen molar-refractivity contribution in [3.63, 3.8) is 0 Å². The molecular weight excluding hydrogens is 254 g/mol. The molecule has 1 atom stereocenters. The highest BCUT2D eigenvalue weighted by molar-refractivity contribution is 5.22. The van der Waals surface area contributed by atoms with E-state index in [1.54, 1.807) is 0 Å². The molecule has 0 aliphatic carbocycles. The number of hydrogen-bond acceptors (Lipinski definition) is 1. The van der Waals surface area contributed by atoms with Crippen molar-refractivity contribution >= 4 is 0 Å². The van der Waals surface area contributed by atoms with E-state index < -0.39 is 0 Å². The summed E-state index contributed by atoms with van der Waals surface area (Å²) in [5.41, 5.74) is 2.99. The normalized spacial score (nSPS) is 12.8. The SMILES string of the molecule is CCCCc1ccc(CCC(C)CCNCC(C)C)cc1. The minimum atomic E-state index is 0.756. The smallest absolute Gasteiger partial charge is 0.00258 e. The molecule has 0 aliphatic heterocycles. The zero-order chi connectivity index (χ0) is 15.5. The fraction of sp³-hybridized carbons (Fsp3) is 0.700. The van der Waals surface area contributed by atoms with Gasteiger partial charge in [-0.3, -0.25) is 0 Å². The Morgan fingerprint density at radius 3 is 2.10 bits per heavy atom. The van der Waals surface area contributed by atoms with Crippen LogP contribution in [0.15, 0.2) is 24.3 Å². The highest BCUT2D eigenvalue weighted by atomic mass is 14.8. The van der Waals surface area contributed by atoms with E-state index in [1.807, 2.05) is 0 Å². The van der Waals surface area contributed by atoms with Gasteiger partial charge in [0.2, 0.25) is 0 Å². The standard InChI is InChI=1S/C20H35N/c1-5-6-7-19-10-12-20(13-11-19)9-8-18(4)14-15-21-16-17(2)3/h10-13,17-18,21H,5-9,14-16H2,1-4H3. The summed E-state index contributed by atoms with van der Waals surface area (Å²) >= 11 is 0. The molecule has 0 fully saturated rings. The molecule has 0 radical (unpaired) electrons. The van der Waals surface area contributed by atoms with E-state index in [0.717, 1.165) is 24.9 Å². The Bertz CT molecular complexity index is 353. The maximum absolute atomic E-state index is 3.54. The van der Waals surface area contributed by atoms with Crippen molar-refractivity contribution < 1.29 is 0 Å². The van der Waals surface area contributed by atoms with Gasteiger partial charge >= 0.3 is 0 Å². The Kier molecular flexibility index (Phi) is 9.41. The zero-order valence-corrected chi connectivity index (χ0v) is 14.6. The number of hydrogen-bond donors (Lipinski definition) is 1. The van der Waals surface area contributed by atoms with E-state index in [-0.39, 0.29) is 0 Å². The molecule has 1 nitrogen and oxygen atoms in total. The molecule has 0 heterocycles. The summed E-state index contributed by atoms with van der Waals surface area (Å²) in [6, 6.07) is 9.29. The third-order valence-corrected chi connectivity index (χ3v) is 4.13. The predicted octanol–water partition coefficient (Wildman–Crippen LogP) is 5.23. The second kappa shape index (κ2) is 10.8. The van der Waals surface area contributed by atoms with E-state index in [0.29, 0.717) is 0 Å². The van der Waals surface area contributed by atoms with Crippen LogP contribution in [0.2, 0.25) is 0 Å². The summed E-state index contributed by atoms with van der Waals surface area (Å²) in [6.45, 7) is 11.5. The molecule has 0 saturated carbocycles. The van der Waals surface area contributed by atoms with Crippen LogP contribution in [0.25, 0.3) is 0 Å². The molecule has 0 aromatic heterocycles. The first-order chi connectivity index (χ1) is 10.1. The van der Waals surface area contributed by atoms with Gasteiger partial charge in [-0.15, -0.1) is 0 Å². The Balaban J connectivity index is 2.18. The lowest BCUT2D eigenvalue weighted by atomic mass is 9.97. The summed E-state index contributed by atoms with van der Waals surface area (Å²) in [5.74, 6) is 1.57. The molecule has 0 aliphatic rings. The molecule has 0 amide bonds. The van der Waals surface area contributed by atoms with Gasteiger partial charge in [0.15, 0.2) is 0 Å². The van der Waals surface area contributed by atoms with Crippen molar-refractivity contribution in [1.29, 1.82) is 0 Å². The monoisotopic (exact) mass is 289 g/mol. The fourth-order valence-corrected chi connectivity index (χ4v) is 2.55. The van der Waals surface area contributed by atoms with Crippen LogP contribution in [-0.2, 0) is 12.8 Å². The second-order valence-corrected chi connectivity index (χ2v) is 6.95. The zero-order valence-electron chi connectivity index (χ0n) is 14.6. The molecule has 1 aromatic rings. The minimum absolute atomic E-state index is 0.756. The van der Waals surface area contributed by atoms with Gasteiger partial charge in [0.25, 0.3) is 0 Å². The first-order valence-electron chi connectivity index (χ1n) is 8.90. The van der Waals surface area contributed by atoms with Gasteiger partial charge in [-0.2, -0.15) is 0 Å². The maximum Gasteiger partial charge on any atom is -0.00258 e. The maximum atomic E-state index is 3.54. The molecule has 1 rings (SSSR count). The van der Waals surface area contributed by atoms with E-state index in [4.69, 9.17) is 0 Å². The topological polar surface area (TPSA) is 12.0 Å². The summed E-state index contributed by atoms with van der Waals surface area (Å²) in [4.78, 5) is 0. The molecule has 1 N–H and O–H groups in total. The van der Waals surface area contributed by atoms with Crippen LogP contribution in [0.4, 0.5) is 0 Å². The van der Waals surface area contributed by atoms with E-state index in [2.05, 4.69) is 57.3 Å². The molecule has 120 valence electrons. The number of nitrogens with one attached hydrogen (secondary N) is 1. The number of rotatable bonds is 11. The minimum Gasteiger partial charge on any atom is -0.316 e. The van der Waals surface area contributed by atoms with Gasteiger partial charge in [-0.25, -0.2) is 0 Å². The van der Waals surface area contributed by atoms with Crippen LogP contribution < -0.4 is 5.32 Å². The summed E-state index contributed by atoms with van der Waals surface area (Å²) < 4.78 is 0. The van der Waals surface area contributed by atoms with Gasteiger partial charge in [-0.05, 0) is 68.2 Å². The average Bonchev–Trinajstić information content (AvgIpc) is 2.48. The lowest BCUT2D eigenvalue weighted by molar-refractivity contribution is 0.454. The fourth-order valence-electron chi connectivity index (χ4n) is 2.55. The molecule has 1 heteroatoms. The Morgan fingerprint density at radius 2 is 1.52 bits per heavy atom. The van der Waals surface area contributed by atoms with Crippen molar-refractivity contribution in [3.8, 4) is 0 Å². The molecule has 0 saturated heterocycles. The first kappa shape index (κ1) is 18.2. The van der Waals surface area contributed by atoms with Crippen LogP contribution in [0.3, 0.4) is 0 Å². The lowest BCUT2D eigenvalue weighted by Crippen LogP contribution is -2.22. The lowest BCUT2D eigenvalue weighted by Gasteiger charge is -2.13. The number of aryl methyl sites for hydroxylation is 2. The molecule has 21 heavy (non-hydrogen) atoms. The van der Waals surface area contributed by atoms with Gasteiger partial charge in [0.05, 0.1) is 0 Å². The van der Waals surface area contributed by atoms with Crippen molar-refractivity contribution in [2.75, 3.05) is 13.1 Å². The van der Waals surface area contributed by atoms with Crippen molar-refractivity contribution in [3.05, 3.63) is 35.4 Å². The van der Waals surface area contributed by atoms with Crippen LogP contribution in [0.5, 0.6) is 0 Å². The van der Waals surface area contributed by atoms with Crippen molar-refractivity contribution in [2.45, 2.75) is 66.2 Å². The highest BCUT2D eigenvalue weighted by Gasteiger charge is 2.03. The van der Waals surface area contributed by atoms with E-state index >= 15 is 0 Å².